The molecule has 3 aliphatic rings. The zero-order chi connectivity index (χ0) is 17.1. The first-order chi connectivity index (χ1) is 12.3. The highest BCUT2D eigenvalue weighted by Gasteiger charge is 2.40. The van der Waals surface area contributed by atoms with Crippen LogP contribution >= 0.6 is 11.8 Å². The number of hydrogen-bond acceptors (Lipinski definition) is 4. The van der Waals surface area contributed by atoms with Crippen molar-refractivity contribution in [1.29, 1.82) is 0 Å². The van der Waals surface area contributed by atoms with Gasteiger partial charge >= 0.3 is 0 Å². The van der Waals surface area contributed by atoms with Crippen molar-refractivity contribution in [3.8, 4) is 0 Å². The number of aryl methyl sites for hydroxylation is 2. The molecule has 4 nitrogen and oxygen atoms in total. The van der Waals surface area contributed by atoms with Gasteiger partial charge in [0.25, 0.3) is 0 Å². The lowest BCUT2D eigenvalue weighted by Crippen LogP contribution is -2.59. The second kappa shape index (κ2) is 7.68. The minimum absolute atomic E-state index is 0.127. The van der Waals surface area contributed by atoms with Gasteiger partial charge < -0.3 is 10.1 Å². The lowest BCUT2D eigenvalue weighted by molar-refractivity contribution is -0.121. The highest BCUT2D eigenvalue weighted by atomic mass is 32.2. The highest BCUT2D eigenvalue weighted by molar-refractivity contribution is 7.99. The van der Waals surface area contributed by atoms with E-state index < -0.39 is 0 Å². The van der Waals surface area contributed by atoms with Gasteiger partial charge in [-0.15, -0.1) is 0 Å². The SMILES string of the molecule is O=C(Cc1ccc2c(c1)CCC2)NC[C@]1(N2CCOCC2)CCSC1. The topological polar surface area (TPSA) is 41.6 Å². The van der Waals surface area contributed by atoms with Crippen molar-refractivity contribution in [2.75, 3.05) is 44.4 Å². The molecule has 2 saturated heterocycles. The first-order valence-electron chi connectivity index (χ1n) is 9.53. The molecule has 0 spiro atoms. The maximum absolute atomic E-state index is 12.5. The molecule has 0 bridgehead atoms. The summed E-state index contributed by atoms with van der Waals surface area (Å²) in [5, 5.41) is 3.24. The Bertz CT molecular complexity index is 622. The fourth-order valence-corrected chi connectivity index (χ4v) is 5.86. The Morgan fingerprint density at radius 2 is 2.08 bits per heavy atom. The standard InChI is InChI=1S/C20H28N2O2S/c23-19(13-16-4-5-17-2-1-3-18(17)12-16)21-14-20(6-11-25-15-20)22-7-9-24-10-8-22/h4-5,12H,1-3,6-11,13-15H2,(H,21,23)/t20-/m1/s1. The zero-order valence-corrected chi connectivity index (χ0v) is 15.7. The molecular formula is C20H28N2O2S. The molecule has 2 heterocycles. The molecule has 5 heteroatoms. The van der Waals surface area contributed by atoms with E-state index in [1.54, 1.807) is 0 Å². The number of ether oxygens (including phenoxy) is 1. The van der Waals surface area contributed by atoms with E-state index in [0.717, 1.165) is 50.6 Å². The molecule has 0 radical (unpaired) electrons. The van der Waals surface area contributed by atoms with E-state index in [0.29, 0.717) is 6.42 Å². The molecule has 0 unspecified atom stereocenters. The molecule has 0 aromatic heterocycles. The van der Waals surface area contributed by atoms with Crippen LogP contribution in [0.3, 0.4) is 0 Å². The fourth-order valence-electron chi connectivity index (χ4n) is 4.38. The van der Waals surface area contributed by atoms with Crippen LogP contribution in [0.2, 0.25) is 0 Å². The van der Waals surface area contributed by atoms with Gasteiger partial charge in [-0.1, -0.05) is 18.2 Å². The van der Waals surface area contributed by atoms with E-state index >= 15 is 0 Å². The van der Waals surface area contributed by atoms with Crippen molar-refractivity contribution in [2.24, 2.45) is 0 Å². The van der Waals surface area contributed by atoms with E-state index in [1.807, 2.05) is 11.8 Å². The summed E-state index contributed by atoms with van der Waals surface area (Å²) < 4.78 is 5.51. The summed E-state index contributed by atoms with van der Waals surface area (Å²) in [7, 11) is 0. The molecule has 2 aliphatic heterocycles. The van der Waals surface area contributed by atoms with Crippen LogP contribution in [0.25, 0.3) is 0 Å². The predicted octanol–water partition coefficient (Wildman–Crippen LogP) is 2.04. The van der Waals surface area contributed by atoms with Gasteiger partial charge in [0.2, 0.25) is 5.91 Å². The number of amides is 1. The summed E-state index contributed by atoms with van der Waals surface area (Å²) in [4.78, 5) is 15.1. The molecular weight excluding hydrogens is 332 g/mol. The van der Waals surface area contributed by atoms with E-state index in [1.165, 1.54) is 36.1 Å². The van der Waals surface area contributed by atoms with Crippen LogP contribution in [0.5, 0.6) is 0 Å². The van der Waals surface area contributed by atoms with Crippen molar-refractivity contribution >= 4 is 17.7 Å². The van der Waals surface area contributed by atoms with Gasteiger partial charge in [0.15, 0.2) is 0 Å². The van der Waals surface area contributed by atoms with Crippen molar-refractivity contribution in [2.45, 2.75) is 37.6 Å². The van der Waals surface area contributed by atoms with Gasteiger partial charge in [-0.2, -0.15) is 11.8 Å². The van der Waals surface area contributed by atoms with Gasteiger partial charge in [0.05, 0.1) is 19.6 Å². The van der Waals surface area contributed by atoms with Crippen molar-refractivity contribution in [3.05, 3.63) is 34.9 Å². The molecule has 25 heavy (non-hydrogen) atoms. The molecule has 1 amide bonds. The number of nitrogens with zero attached hydrogens (tertiary/aromatic N) is 1. The summed E-state index contributed by atoms with van der Waals surface area (Å²) in [5.41, 5.74) is 4.20. The molecule has 2 fully saturated rings. The number of nitrogens with one attached hydrogen (secondary N) is 1. The quantitative estimate of drug-likeness (QED) is 0.873. The molecule has 1 aromatic carbocycles. The van der Waals surface area contributed by atoms with Crippen LogP contribution < -0.4 is 5.32 Å². The lowest BCUT2D eigenvalue weighted by Gasteiger charge is -2.43. The van der Waals surface area contributed by atoms with Gasteiger partial charge in [0.1, 0.15) is 0 Å². The Morgan fingerprint density at radius 1 is 1.24 bits per heavy atom. The van der Waals surface area contributed by atoms with E-state index in [2.05, 4.69) is 28.4 Å². The molecule has 1 aromatic rings. The average Bonchev–Trinajstić information content (AvgIpc) is 3.30. The van der Waals surface area contributed by atoms with Crippen LogP contribution in [0.1, 0.15) is 29.5 Å². The highest BCUT2D eigenvalue weighted by Crippen LogP contribution is 2.33. The van der Waals surface area contributed by atoms with Gasteiger partial charge in [-0.25, -0.2) is 0 Å². The molecule has 1 atom stereocenters. The second-order valence-electron chi connectivity index (χ2n) is 7.54. The predicted molar refractivity (Wildman–Crippen MR) is 102 cm³/mol. The smallest absolute Gasteiger partial charge is 0.224 e. The van der Waals surface area contributed by atoms with Gasteiger partial charge in [0, 0.05) is 30.9 Å². The zero-order valence-electron chi connectivity index (χ0n) is 14.9. The number of carbonyl (C=O) groups excluding carboxylic acids is 1. The van der Waals surface area contributed by atoms with E-state index in [4.69, 9.17) is 4.74 Å². The Morgan fingerprint density at radius 3 is 2.88 bits per heavy atom. The Balaban J connectivity index is 1.35. The number of carbonyl (C=O) groups is 1. The van der Waals surface area contributed by atoms with Crippen LogP contribution in [-0.2, 0) is 28.8 Å². The number of rotatable bonds is 5. The van der Waals surface area contributed by atoms with Crippen LogP contribution in [0.4, 0.5) is 0 Å². The molecule has 136 valence electrons. The molecule has 0 saturated carbocycles. The summed E-state index contributed by atoms with van der Waals surface area (Å²) in [5.74, 6) is 2.46. The van der Waals surface area contributed by atoms with Crippen molar-refractivity contribution < 1.29 is 9.53 Å². The number of thioether (sulfide) groups is 1. The summed E-state index contributed by atoms with van der Waals surface area (Å²) in [6.45, 7) is 4.37. The Kier molecular flexibility index (Phi) is 5.34. The second-order valence-corrected chi connectivity index (χ2v) is 8.64. The van der Waals surface area contributed by atoms with Crippen LogP contribution in [0, 0.1) is 0 Å². The van der Waals surface area contributed by atoms with Crippen molar-refractivity contribution in [1.82, 2.24) is 10.2 Å². The first kappa shape index (κ1) is 17.4. The summed E-state index contributed by atoms with van der Waals surface area (Å²) >= 11 is 2.01. The molecule has 1 N–H and O–H groups in total. The fraction of sp³-hybridized carbons (Fsp3) is 0.650. The van der Waals surface area contributed by atoms with Crippen molar-refractivity contribution in [3.63, 3.8) is 0 Å². The molecule has 1 aliphatic carbocycles. The van der Waals surface area contributed by atoms with Gasteiger partial charge in [-0.05, 0) is 48.1 Å². The lowest BCUT2D eigenvalue weighted by atomic mass is 9.95. The Hall–Kier alpha value is -1.04. The minimum Gasteiger partial charge on any atom is -0.379 e. The number of fused-ring (bicyclic) bond motifs is 1. The largest absolute Gasteiger partial charge is 0.379 e. The minimum atomic E-state index is 0.127. The summed E-state index contributed by atoms with van der Waals surface area (Å²) in [6, 6.07) is 6.59. The normalized spacial score (nSPS) is 26.6. The molecule has 4 rings (SSSR count). The first-order valence-corrected chi connectivity index (χ1v) is 10.7. The number of morpholine rings is 1. The maximum Gasteiger partial charge on any atom is 0.224 e. The summed E-state index contributed by atoms with van der Waals surface area (Å²) in [6.07, 6.45) is 5.28. The van der Waals surface area contributed by atoms with E-state index in [-0.39, 0.29) is 11.4 Å². The van der Waals surface area contributed by atoms with Gasteiger partial charge in [-0.3, -0.25) is 9.69 Å². The maximum atomic E-state index is 12.5. The Labute approximate surface area is 154 Å². The monoisotopic (exact) mass is 360 g/mol. The third-order valence-corrected chi connectivity index (χ3v) is 7.14. The number of benzene rings is 1. The van der Waals surface area contributed by atoms with E-state index in [9.17, 15) is 4.79 Å². The number of hydrogen-bond donors (Lipinski definition) is 1. The van der Waals surface area contributed by atoms with Crippen LogP contribution in [-0.4, -0.2) is 60.7 Å². The third kappa shape index (κ3) is 3.88. The average molecular weight is 361 g/mol. The van der Waals surface area contributed by atoms with Crippen LogP contribution in [0.15, 0.2) is 18.2 Å². The third-order valence-electron chi connectivity index (χ3n) is 5.91.